The number of benzene rings is 5. The van der Waals surface area contributed by atoms with Gasteiger partial charge in [0.25, 0.3) is 0 Å². The summed E-state index contributed by atoms with van der Waals surface area (Å²) in [6.45, 7) is 14.5. The Labute approximate surface area is 342 Å². The van der Waals surface area contributed by atoms with E-state index in [1.54, 1.807) is 0 Å². The van der Waals surface area contributed by atoms with Crippen LogP contribution in [0.5, 0.6) is 0 Å². The van der Waals surface area contributed by atoms with Crippen molar-refractivity contribution >= 4 is 23.4 Å². The summed E-state index contributed by atoms with van der Waals surface area (Å²) in [5, 5.41) is 0. The van der Waals surface area contributed by atoms with Crippen molar-refractivity contribution in [3.05, 3.63) is 272 Å². The highest BCUT2D eigenvalue weighted by atomic mass is 14.7. The molecule has 1 aliphatic carbocycles. The van der Waals surface area contributed by atoms with Gasteiger partial charge >= 0.3 is 0 Å². The van der Waals surface area contributed by atoms with Gasteiger partial charge in [0.2, 0.25) is 0 Å². The van der Waals surface area contributed by atoms with Crippen LogP contribution in [0.3, 0.4) is 0 Å². The molecule has 5 aromatic rings. The minimum Gasteiger partial charge on any atom is -0.296 e. The van der Waals surface area contributed by atoms with Gasteiger partial charge < -0.3 is 0 Å². The number of hydrogen-bond acceptors (Lipinski definition) is 1. The summed E-state index contributed by atoms with van der Waals surface area (Å²) in [6, 6.07) is 50.7. The lowest BCUT2D eigenvalue weighted by molar-refractivity contribution is 0.892. The second-order valence-electron chi connectivity index (χ2n) is 13.1. The van der Waals surface area contributed by atoms with Gasteiger partial charge in [-0.15, -0.1) is 13.2 Å². The number of rotatable bonds is 11. The Bertz CT molecular complexity index is 2220. The monoisotopic (exact) mass is 741 g/mol. The molecule has 0 bridgehead atoms. The van der Waals surface area contributed by atoms with Crippen LogP contribution < -0.4 is 0 Å². The van der Waals surface area contributed by atoms with Crippen molar-refractivity contribution in [2.45, 2.75) is 26.8 Å². The molecule has 0 fully saturated rings. The molecule has 0 radical (unpaired) electrons. The molecule has 0 aliphatic heterocycles. The van der Waals surface area contributed by atoms with E-state index in [2.05, 4.69) is 239 Å². The summed E-state index contributed by atoms with van der Waals surface area (Å²) in [7, 11) is 0. The average molecular weight is 742 g/mol. The summed E-state index contributed by atoms with van der Waals surface area (Å²) in [6.07, 6.45) is 31.9. The molecule has 0 saturated carbocycles. The molecule has 5 aromatic carbocycles. The van der Waals surface area contributed by atoms with Crippen molar-refractivity contribution in [1.82, 2.24) is 0 Å². The molecule has 0 heterocycles. The third-order valence-electron chi connectivity index (χ3n) is 9.06. The fourth-order valence-corrected chi connectivity index (χ4v) is 6.12. The predicted molar refractivity (Wildman–Crippen MR) is 253 cm³/mol. The summed E-state index contributed by atoms with van der Waals surface area (Å²) in [5.74, 6) is 0.177. The first-order valence-electron chi connectivity index (χ1n) is 19.6. The van der Waals surface area contributed by atoms with Crippen molar-refractivity contribution in [3.63, 3.8) is 0 Å². The predicted octanol–water partition coefficient (Wildman–Crippen LogP) is 15.4. The molecule has 0 amide bonds. The summed E-state index contributed by atoms with van der Waals surface area (Å²) in [4.78, 5) is 3.76. The highest BCUT2D eigenvalue weighted by Gasteiger charge is 2.11. The van der Waals surface area contributed by atoms with Crippen LogP contribution in [-0.2, 0) is 6.54 Å². The Hall–Kier alpha value is -6.83. The lowest BCUT2D eigenvalue weighted by Crippen LogP contribution is -1.96. The van der Waals surface area contributed by atoms with Gasteiger partial charge in [-0.3, -0.25) is 4.99 Å². The third kappa shape index (κ3) is 14.4. The maximum Gasteiger partial charge on any atom is 0.0632 e. The van der Waals surface area contributed by atoms with Crippen LogP contribution in [0.2, 0.25) is 0 Å². The lowest BCUT2D eigenvalue weighted by atomic mass is 9.89. The fourth-order valence-electron chi connectivity index (χ4n) is 6.12. The lowest BCUT2D eigenvalue weighted by Gasteiger charge is -2.15. The van der Waals surface area contributed by atoms with E-state index >= 15 is 0 Å². The first-order chi connectivity index (χ1) is 28.2. The highest BCUT2D eigenvalue weighted by molar-refractivity contribution is 5.90. The minimum atomic E-state index is 0.177. The van der Waals surface area contributed by atoms with Crippen LogP contribution in [0.15, 0.2) is 254 Å². The van der Waals surface area contributed by atoms with Crippen molar-refractivity contribution in [3.8, 4) is 11.1 Å². The molecule has 1 aliphatic rings. The third-order valence-corrected chi connectivity index (χ3v) is 9.06. The topological polar surface area (TPSA) is 12.4 Å². The smallest absolute Gasteiger partial charge is 0.0632 e. The quantitative estimate of drug-likeness (QED) is 0.0726. The molecule has 0 aromatic heterocycles. The Balaban J connectivity index is 0.000000570. The molecule has 1 heteroatoms. The van der Waals surface area contributed by atoms with Gasteiger partial charge in [-0.2, -0.15) is 0 Å². The van der Waals surface area contributed by atoms with Gasteiger partial charge in [0.05, 0.1) is 6.54 Å². The van der Waals surface area contributed by atoms with E-state index in [0.717, 1.165) is 29.7 Å². The van der Waals surface area contributed by atoms with Gasteiger partial charge in [-0.05, 0) is 80.8 Å². The molecule has 1 nitrogen and oxygen atoms in total. The van der Waals surface area contributed by atoms with Crippen molar-refractivity contribution < 1.29 is 0 Å². The number of allylic oxidation sites excluding steroid dienone is 18. The van der Waals surface area contributed by atoms with E-state index in [9.17, 15) is 0 Å². The van der Waals surface area contributed by atoms with E-state index in [1.807, 2.05) is 30.3 Å². The van der Waals surface area contributed by atoms with E-state index in [4.69, 9.17) is 0 Å². The molecule has 1 atom stereocenters. The Morgan fingerprint density at radius 2 is 1.04 bits per heavy atom. The Morgan fingerprint density at radius 1 is 0.526 bits per heavy atom. The van der Waals surface area contributed by atoms with E-state index < -0.39 is 0 Å². The minimum absolute atomic E-state index is 0.177. The second kappa shape index (κ2) is 25.3. The van der Waals surface area contributed by atoms with Crippen molar-refractivity contribution in [1.29, 1.82) is 0 Å². The van der Waals surface area contributed by atoms with Crippen LogP contribution >= 0.6 is 0 Å². The largest absolute Gasteiger partial charge is 0.296 e. The molecule has 6 rings (SSSR count). The molecule has 57 heavy (non-hydrogen) atoms. The van der Waals surface area contributed by atoms with Gasteiger partial charge in [-0.1, -0.05) is 238 Å². The second-order valence-corrected chi connectivity index (χ2v) is 13.1. The summed E-state index contributed by atoms with van der Waals surface area (Å²) >= 11 is 0. The zero-order valence-electron chi connectivity index (χ0n) is 33.5. The number of nitrogens with zero attached hydrogens (tertiary/aromatic N) is 1. The fraction of sp³-hybridized carbons (Fsp3) is 0.0893. The summed E-state index contributed by atoms with van der Waals surface area (Å²) in [5.41, 5.74) is 11.9. The number of aliphatic imine (C=N–C) groups is 1. The first kappa shape index (κ1) is 42.9. The SMILES string of the molecule is C=C.C=NCc1ccccc1.CC\C=C/C=C\C=C\C(C)C1=C/C=C(c2ccccc2)\C=C(c2ccccc2)/C=C/C=C/C(c2ccccc2-c2ccccc2)=C\1. The molecule has 0 spiro atoms. The van der Waals surface area contributed by atoms with E-state index in [1.165, 1.54) is 39.0 Å². The molecular formula is C56H55N. The first-order valence-corrected chi connectivity index (χ1v) is 19.6. The maximum atomic E-state index is 3.76. The zero-order valence-corrected chi connectivity index (χ0v) is 33.5. The Kier molecular flexibility index (Phi) is 19.0. The average Bonchev–Trinajstić information content (AvgIpc) is 3.27. The molecule has 0 N–H and O–H groups in total. The van der Waals surface area contributed by atoms with Gasteiger partial charge in [-0.25, -0.2) is 0 Å². The van der Waals surface area contributed by atoms with Gasteiger partial charge in [0.1, 0.15) is 0 Å². The van der Waals surface area contributed by atoms with Crippen LogP contribution in [0.25, 0.3) is 27.8 Å². The normalized spacial score (nSPS) is 18.2. The van der Waals surface area contributed by atoms with Crippen LogP contribution in [-0.4, -0.2) is 6.72 Å². The van der Waals surface area contributed by atoms with Crippen LogP contribution in [0.1, 0.15) is 42.5 Å². The number of hydrogen-bond donors (Lipinski definition) is 0. The maximum absolute atomic E-state index is 3.76. The molecule has 284 valence electrons. The van der Waals surface area contributed by atoms with E-state index in [-0.39, 0.29) is 5.92 Å². The van der Waals surface area contributed by atoms with Crippen LogP contribution in [0, 0.1) is 5.92 Å². The van der Waals surface area contributed by atoms with E-state index in [0.29, 0.717) is 0 Å². The summed E-state index contributed by atoms with van der Waals surface area (Å²) < 4.78 is 0. The Morgan fingerprint density at radius 3 is 1.63 bits per heavy atom. The van der Waals surface area contributed by atoms with Crippen molar-refractivity contribution in [2.75, 3.05) is 0 Å². The van der Waals surface area contributed by atoms with Gasteiger partial charge in [0, 0.05) is 0 Å². The zero-order chi connectivity index (χ0) is 40.3. The molecule has 1 unspecified atom stereocenters. The van der Waals surface area contributed by atoms with Gasteiger partial charge in [0.15, 0.2) is 0 Å². The van der Waals surface area contributed by atoms with Crippen LogP contribution in [0.4, 0.5) is 0 Å². The molecule has 0 saturated heterocycles. The standard InChI is InChI=1S/C46H42.C8H9N.C2H4/c1-3-4-5-6-7-11-22-37(2)41-33-34-43(39-25-14-9-15-26-39)36-42(38-23-12-8-13-24-38)29-18-19-30-44(35-41)46-32-21-20-31-45(46)40-27-16-10-17-28-40;1-9-7-8-5-3-2-4-6-8;1-2/h4-37H,3H2,1-2H3;2-6H,1,7H2;1-2H2/b5-4-,7-6-,19-18?,22-11+,29-18+,30-19+,34-33?,41-33+,41-35?,42-29?,42-36+,43-34+,43-36?,44-30?,44-35+;;. The highest BCUT2D eigenvalue weighted by Crippen LogP contribution is 2.33. The molecular weight excluding hydrogens is 687 g/mol. The van der Waals surface area contributed by atoms with Crippen molar-refractivity contribution in [2.24, 2.45) is 10.9 Å².